The van der Waals surface area contributed by atoms with Crippen LogP contribution in [0.1, 0.15) is 69.9 Å². The third-order valence-electron chi connectivity index (χ3n) is 7.63. The molecule has 2 aromatic carbocycles. The van der Waals surface area contributed by atoms with E-state index in [1.165, 1.54) is 6.42 Å². The topological polar surface area (TPSA) is 58.6 Å². The lowest BCUT2D eigenvalue weighted by atomic mass is 9.76. The summed E-state index contributed by atoms with van der Waals surface area (Å²) in [5.74, 6) is 1.98. The van der Waals surface area contributed by atoms with Gasteiger partial charge in [-0.25, -0.2) is 0 Å². The normalized spacial score (nSPS) is 20.6. The molecule has 2 aromatic rings. The third kappa shape index (κ3) is 5.87. The summed E-state index contributed by atoms with van der Waals surface area (Å²) in [4.78, 5) is 28.9. The van der Waals surface area contributed by atoms with Gasteiger partial charge < -0.3 is 15.0 Å². The lowest BCUT2D eigenvalue weighted by Crippen LogP contribution is -2.42. The summed E-state index contributed by atoms with van der Waals surface area (Å²) < 4.78 is 6.05. The zero-order valence-electron chi connectivity index (χ0n) is 20.5. The summed E-state index contributed by atoms with van der Waals surface area (Å²) in [6.45, 7) is 2.65. The van der Waals surface area contributed by atoms with Crippen LogP contribution in [0.2, 0.25) is 0 Å². The summed E-state index contributed by atoms with van der Waals surface area (Å²) in [6.07, 6.45) is 7.92. The van der Waals surface area contributed by atoms with Crippen LogP contribution < -0.4 is 10.1 Å². The fourth-order valence-corrected chi connectivity index (χ4v) is 5.55. The van der Waals surface area contributed by atoms with E-state index in [4.69, 9.17) is 4.74 Å². The van der Waals surface area contributed by atoms with Crippen molar-refractivity contribution in [2.75, 3.05) is 13.6 Å². The number of ether oxygens (including phenoxy) is 1. The smallest absolute Gasteiger partial charge is 0.226 e. The third-order valence-corrected chi connectivity index (χ3v) is 7.63. The molecule has 5 heteroatoms. The van der Waals surface area contributed by atoms with Gasteiger partial charge in [-0.2, -0.15) is 0 Å². The van der Waals surface area contributed by atoms with Crippen molar-refractivity contribution in [2.24, 2.45) is 11.8 Å². The fourth-order valence-electron chi connectivity index (χ4n) is 5.55. The number of hydrogen-bond acceptors (Lipinski definition) is 4. The van der Waals surface area contributed by atoms with Gasteiger partial charge in [0.25, 0.3) is 0 Å². The quantitative estimate of drug-likeness (QED) is 0.504. The largest absolute Gasteiger partial charge is 0.457 e. The highest BCUT2D eigenvalue weighted by Gasteiger charge is 2.39. The molecule has 0 bridgehead atoms. The van der Waals surface area contributed by atoms with E-state index in [-0.39, 0.29) is 29.7 Å². The average molecular weight is 463 g/mol. The molecule has 0 unspecified atom stereocenters. The van der Waals surface area contributed by atoms with E-state index in [0.29, 0.717) is 12.3 Å². The highest BCUT2D eigenvalue weighted by molar-refractivity contribution is 5.90. The van der Waals surface area contributed by atoms with E-state index in [9.17, 15) is 9.59 Å². The minimum absolute atomic E-state index is 0.0368. The lowest BCUT2D eigenvalue weighted by Gasteiger charge is -2.35. The van der Waals surface area contributed by atoms with Gasteiger partial charge in [-0.3, -0.25) is 9.59 Å². The van der Waals surface area contributed by atoms with E-state index in [0.717, 1.165) is 62.1 Å². The van der Waals surface area contributed by atoms with E-state index in [2.05, 4.69) is 22.3 Å². The number of carbonyl (C=O) groups excluding carboxylic acids is 2. The van der Waals surface area contributed by atoms with Gasteiger partial charge in [-0.05, 0) is 75.4 Å². The minimum Gasteiger partial charge on any atom is -0.457 e. The Balaban J connectivity index is 1.53. The number of rotatable bonds is 9. The van der Waals surface area contributed by atoms with E-state index in [1.807, 2.05) is 49.4 Å². The Morgan fingerprint density at radius 3 is 2.44 bits per heavy atom. The molecular formula is C29H38N2O3. The van der Waals surface area contributed by atoms with Crippen LogP contribution in [0.5, 0.6) is 11.5 Å². The van der Waals surface area contributed by atoms with Crippen molar-refractivity contribution in [3.05, 3.63) is 60.2 Å². The van der Waals surface area contributed by atoms with Gasteiger partial charge in [-0.15, -0.1) is 0 Å². The molecule has 1 aliphatic heterocycles. The highest BCUT2D eigenvalue weighted by Crippen LogP contribution is 2.39. The first-order valence-electron chi connectivity index (χ1n) is 12.9. The summed E-state index contributed by atoms with van der Waals surface area (Å²) in [5.41, 5.74) is 1.11. The number of benzene rings is 2. The molecule has 1 N–H and O–H groups in total. The maximum absolute atomic E-state index is 14.0. The molecule has 5 nitrogen and oxygen atoms in total. The summed E-state index contributed by atoms with van der Waals surface area (Å²) in [6, 6.07) is 17.7. The molecular weight excluding hydrogens is 424 g/mol. The first-order valence-corrected chi connectivity index (χ1v) is 12.9. The molecule has 1 saturated carbocycles. The molecule has 34 heavy (non-hydrogen) atoms. The van der Waals surface area contributed by atoms with Crippen molar-refractivity contribution in [3.63, 3.8) is 0 Å². The molecule has 0 spiro atoms. The Labute approximate surface area is 203 Å². The number of nitrogens with one attached hydrogen (secondary N) is 1. The number of likely N-dealkylation sites (N-methyl/N-ethyl adjacent to an activating group) is 1. The number of Topliss-reactive ketones (excluding diaryl/α,β-unsaturated/α-hetero) is 1. The Morgan fingerprint density at radius 1 is 0.971 bits per heavy atom. The molecule has 182 valence electrons. The number of amides is 1. The molecule has 1 saturated heterocycles. The monoisotopic (exact) mass is 462 g/mol. The number of carbonyl (C=O) groups is 2. The number of nitrogens with zero attached hydrogens (tertiary/aromatic N) is 1. The summed E-state index contributed by atoms with van der Waals surface area (Å²) in [7, 11) is 1.81. The molecule has 1 aliphatic carbocycles. The Kier molecular flexibility index (Phi) is 8.39. The summed E-state index contributed by atoms with van der Waals surface area (Å²) >= 11 is 0. The van der Waals surface area contributed by atoms with Crippen molar-refractivity contribution < 1.29 is 14.3 Å². The van der Waals surface area contributed by atoms with Crippen LogP contribution in [0.15, 0.2) is 54.6 Å². The Hall–Kier alpha value is -2.66. The zero-order valence-corrected chi connectivity index (χ0v) is 20.5. The standard InChI is InChI=1S/C29H38N2O3/c1-21(30-2)28(32)20-26(22-11-5-3-6-12-22)29(33)31-18-10-17-27(31)23-13-9-16-25(19-23)34-24-14-7-4-8-15-24/h4,7-9,13-16,19,21-22,26-27,30H,3,5-6,10-12,17-18,20H2,1-2H3/t21-,26-,27+/m0/s1. The predicted molar refractivity (Wildman–Crippen MR) is 135 cm³/mol. The minimum atomic E-state index is -0.222. The number of hydrogen-bond donors (Lipinski definition) is 1. The van der Waals surface area contributed by atoms with Crippen molar-refractivity contribution in [1.29, 1.82) is 0 Å². The first kappa shape index (κ1) is 24.5. The second-order valence-corrected chi connectivity index (χ2v) is 9.86. The molecule has 0 aromatic heterocycles. The van der Waals surface area contributed by atoms with E-state index in [1.54, 1.807) is 7.05 Å². The highest BCUT2D eigenvalue weighted by atomic mass is 16.5. The first-order chi connectivity index (χ1) is 16.6. The van der Waals surface area contributed by atoms with E-state index < -0.39 is 0 Å². The number of likely N-dealkylation sites (tertiary alicyclic amines) is 1. The number of ketones is 1. The van der Waals surface area contributed by atoms with Crippen LogP contribution in [0, 0.1) is 11.8 Å². The van der Waals surface area contributed by atoms with Gasteiger partial charge in [0.2, 0.25) is 5.91 Å². The van der Waals surface area contributed by atoms with Gasteiger partial charge in [0, 0.05) is 18.9 Å². The lowest BCUT2D eigenvalue weighted by molar-refractivity contribution is -0.141. The van der Waals surface area contributed by atoms with Crippen molar-refractivity contribution >= 4 is 11.7 Å². The van der Waals surface area contributed by atoms with Crippen LogP contribution in [0.4, 0.5) is 0 Å². The van der Waals surface area contributed by atoms with Crippen molar-refractivity contribution in [2.45, 2.75) is 70.4 Å². The van der Waals surface area contributed by atoms with Gasteiger partial charge >= 0.3 is 0 Å². The van der Waals surface area contributed by atoms with Crippen LogP contribution in [-0.2, 0) is 9.59 Å². The van der Waals surface area contributed by atoms with Gasteiger partial charge in [0.15, 0.2) is 0 Å². The molecule has 2 aliphatic rings. The van der Waals surface area contributed by atoms with E-state index >= 15 is 0 Å². The van der Waals surface area contributed by atoms with Gasteiger partial charge in [-0.1, -0.05) is 49.6 Å². The van der Waals surface area contributed by atoms with Crippen LogP contribution in [-0.4, -0.2) is 36.2 Å². The fraction of sp³-hybridized carbons (Fsp3) is 0.517. The maximum atomic E-state index is 14.0. The average Bonchev–Trinajstić information content (AvgIpc) is 3.38. The van der Waals surface area contributed by atoms with Gasteiger partial charge in [0.05, 0.1) is 12.1 Å². The molecule has 4 rings (SSSR count). The molecule has 1 amide bonds. The van der Waals surface area contributed by atoms with Crippen LogP contribution in [0.3, 0.4) is 0 Å². The second kappa shape index (κ2) is 11.7. The van der Waals surface area contributed by atoms with Gasteiger partial charge in [0.1, 0.15) is 17.3 Å². The number of para-hydroxylation sites is 1. The van der Waals surface area contributed by atoms with Crippen LogP contribution in [0.25, 0.3) is 0 Å². The summed E-state index contributed by atoms with van der Waals surface area (Å²) in [5, 5.41) is 3.05. The molecule has 2 fully saturated rings. The zero-order chi connectivity index (χ0) is 23.9. The SMILES string of the molecule is CN[C@@H](C)C(=O)C[C@H](C(=O)N1CCC[C@@H]1c1cccc(Oc2ccccc2)c1)C1CCCCC1. The Bertz CT molecular complexity index is 955. The van der Waals surface area contributed by atoms with Crippen LogP contribution >= 0.6 is 0 Å². The molecule has 1 heterocycles. The molecule has 3 atom stereocenters. The van der Waals surface area contributed by atoms with Crippen molar-refractivity contribution in [3.8, 4) is 11.5 Å². The maximum Gasteiger partial charge on any atom is 0.226 e. The molecule has 0 radical (unpaired) electrons. The van der Waals surface area contributed by atoms with Crippen molar-refractivity contribution in [1.82, 2.24) is 10.2 Å². The second-order valence-electron chi connectivity index (χ2n) is 9.86. The predicted octanol–water partition coefficient (Wildman–Crippen LogP) is 5.91. The Morgan fingerprint density at radius 2 is 1.71 bits per heavy atom.